The Kier molecular flexibility index (Phi) is 3.96. The molecule has 0 unspecified atom stereocenters. The molecule has 1 heterocycles. The highest BCUT2D eigenvalue weighted by Crippen LogP contribution is 2.25. The van der Waals surface area contributed by atoms with Crippen LogP contribution >= 0.6 is 11.8 Å². The summed E-state index contributed by atoms with van der Waals surface area (Å²) >= 11 is 1.80. The summed E-state index contributed by atoms with van der Waals surface area (Å²) < 4.78 is 26.5. The van der Waals surface area contributed by atoms with Crippen molar-refractivity contribution in [3.8, 4) is 0 Å². The molecule has 2 rings (SSSR count). The molecule has 94 valence electrons. The number of nitrogens with zero attached hydrogens (tertiary/aromatic N) is 1. The third-order valence-electron chi connectivity index (χ3n) is 2.74. The molecule has 6 heteroatoms. The smallest absolute Gasteiger partial charge is 0.245 e. The lowest BCUT2D eigenvalue weighted by molar-refractivity contribution is 0.444. The SMILES string of the molecule is CNc1ccccc1S(=O)(=O)N1CCSCC1. The highest BCUT2D eigenvalue weighted by molar-refractivity contribution is 7.99. The molecule has 0 radical (unpaired) electrons. The predicted molar refractivity (Wildman–Crippen MR) is 72.1 cm³/mol. The minimum absolute atomic E-state index is 0.370. The number of hydrogen-bond donors (Lipinski definition) is 1. The molecular formula is C11H16N2O2S2. The van der Waals surface area contributed by atoms with Crippen LogP contribution in [0.5, 0.6) is 0 Å². The molecule has 1 aromatic carbocycles. The van der Waals surface area contributed by atoms with Gasteiger partial charge in [0.05, 0.1) is 5.69 Å². The lowest BCUT2D eigenvalue weighted by Crippen LogP contribution is -2.38. The van der Waals surface area contributed by atoms with Crippen molar-refractivity contribution in [3.63, 3.8) is 0 Å². The summed E-state index contributed by atoms with van der Waals surface area (Å²) in [6, 6.07) is 7.03. The van der Waals surface area contributed by atoms with E-state index in [-0.39, 0.29) is 0 Å². The topological polar surface area (TPSA) is 49.4 Å². The number of nitrogens with one attached hydrogen (secondary N) is 1. The third-order valence-corrected chi connectivity index (χ3v) is 5.64. The average Bonchev–Trinajstić information content (AvgIpc) is 2.39. The van der Waals surface area contributed by atoms with E-state index in [9.17, 15) is 8.42 Å². The maximum absolute atomic E-state index is 12.4. The molecule has 1 saturated heterocycles. The molecule has 17 heavy (non-hydrogen) atoms. The van der Waals surface area contributed by atoms with Crippen LogP contribution in [0.1, 0.15) is 0 Å². The van der Waals surface area contributed by atoms with Crippen LogP contribution in [0.25, 0.3) is 0 Å². The van der Waals surface area contributed by atoms with Crippen LogP contribution in [0, 0.1) is 0 Å². The second kappa shape index (κ2) is 5.29. The summed E-state index contributed by atoms with van der Waals surface area (Å²) in [7, 11) is -1.61. The van der Waals surface area contributed by atoms with Crippen molar-refractivity contribution in [3.05, 3.63) is 24.3 Å². The van der Waals surface area contributed by atoms with Crippen LogP contribution in [-0.4, -0.2) is 44.4 Å². The molecule has 1 aromatic rings. The second-order valence-electron chi connectivity index (χ2n) is 3.76. The van der Waals surface area contributed by atoms with Crippen LogP contribution < -0.4 is 5.32 Å². The van der Waals surface area contributed by atoms with Gasteiger partial charge in [0, 0.05) is 31.6 Å². The van der Waals surface area contributed by atoms with Crippen LogP contribution in [0.2, 0.25) is 0 Å². The van der Waals surface area contributed by atoms with E-state index in [2.05, 4.69) is 5.32 Å². The van der Waals surface area contributed by atoms with Gasteiger partial charge in [0.25, 0.3) is 0 Å². The fourth-order valence-electron chi connectivity index (χ4n) is 1.82. The normalized spacial score (nSPS) is 17.9. The minimum atomic E-state index is -3.35. The number of benzene rings is 1. The van der Waals surface area contributed by atoms with Gasteiger partial charge in [-0.2, -0.15) is 16.1 Å². The number of sulfonamides is 1. The highest BCUT2D eigenvalue weighted by atomic mass is 32.2. The standard InChI is InChI=1S/C11H16N2O2S2/c1-12-10-4-2-3-5-11(10)17(14,15)13-6-8-16-9-7-13/h2-5,12H,6-9H2,1H3. The Bertz CT molecular complexity index is 482. The molecule has 0 aliphatic carbocycles. The molecule has 0 spiro atoms. The van der Waals surface area contributed by atoms with Crippen molar-refractivity contribution in [1.29, 1.82) is 0 Å². The van der Waals surface area contributed by atoms with Gasteiger partial charge in [-0.05, 0) is 12.1 Å². The van der Waals surface area contributed by atoms with E-state index >= 15 is 0 Å². The van der Waals surface area contributed by atoms with Gasteiger partial charge in [0.15, 0.2) is 0 Å². The maximum atomic E-state index is 12.4. The highest BCUT2D eigenvalue weighted by Gasteiger charge is 2.27. The lowest BCUT2D eigenvalue weighted by atomic mass is 10.3. The Balaban J connectivity index is 2.36. The fourth-order valence-corrected chi connectivity index (χ4v) is 4.60. The van der Waals surface area contributed by atoms with Crippen LogP contribution in [0.15, 0.2) is 29.2 Å². The zero-order valence-corrected chi connectivity index (χ0v) is 11.4. The first-order chi connectivity index (χ1) is 8.16. The molecule has 0 aromatic heterocycles. The van der Waals surface area contributed by atoms with E-state index in [4.69, 9.17) is 0 Å². The Hall–Kier alpha value is -0.720. The quantitative estimate of drug-likeness (QED) is 0.905. The average molecular weight is 272 g/mol. The maximum Gasteiger partial charge on any atom is 0.245 e. The largest absolute Gasteiger partial charge is 0.387 e. The van der Waals surface area contributed by atoms with Crippen LogP contribution in [0.4, 0.5) is 5.69 Å². The molecule has 4 nitrogen and oxygen atoms in total. The molecule has 0 bridgehead atoms. The van der Waals surface area contributed by atoms with Gasteiger partial charge in [0.2, 0.25) is 10.0 Å². The fraction of sp³-hybridized carbons (Fsp3) is 0.455. The van der Waals surface area contributed by atoms with Gasteiger partial charge in [-0.25, -0.2) is 8.42 Å². The second-order valence-corrected chi connectivity index (χ2v) is 6.89. The zero-order valence-electron chi connectivity index (χ0n) is 9.72. The number of thioether (sulfide) groups is 1. The van der Waals surface area contributed by atoms with Gasteiger partial charge in [-0.3, -0.25) is 0 Å². The monoisotopic (exact) mass is 272 g/mol. The van der Waals surface area contributed by atoms with Crippen molar-refractivity contribution in [1.82, 2.24) is 4.31 Å². The zero-order chi connectivity index (χ0) is 12.3. The summed E-state index contributed by atoms with van der Waals surface area (Å²) in [6.07, 6.45) is 0. The van der Waals surface area contributed by atoms with Gasteiger partial charge >= 0.3 is 0 Å². The van der Waals surface area contributed by atoms with E-state index < -0.39 is 10.0 Å². The molecule has 1 N–H and O–H groups in total. The van der Waals surface area contributed by atoms with Gasteiger partial charge in [0.1, 0.15) is 4.90 Å². The van der Waals surface area contributed by atoms with Crippen LogP contribution in [-0.2, 0) is 10.0 Å². The first-order valence-electron chi connectivity index (χ1n) is 5.51. The van der Waals surface area contributed by atoms with Gasteiger partial charge < -0.3 is 5.32 Å². The molecule has 1 fully saturated rings. The summed E-state index contributed by atoms with van der Waals surface area (Å²) in [4.78, 5) is 0.370. The first kappa shape index (κ1) is 12.7. The number of para-hydroxylation sites is 1. The summed E-state index contributed by atoms with van der Waals surface area (Å²) in [5, 5.41) is 2.93. The lowest BCUT2D eigenvalue weighted by Gasteiger charge is -2.26. The Morgan fingerprint density at radius 1 is 1.24 bits per heavy atom. The molecule has 1 aliphatic heterocycles. The molecule has 1 aliphatic rings. The van der Waals surface area contributed by atoms with Crippen molar-refractivity contribution in [2.75, 3.05) is 37.0 Å². The Morgan fingerprint density at radius 3 is 2.53 bits per heavy atom. The van der Waals surface area contributed by atoms with E-state index in [1.54, 1.807) is 41.3 Å². The van der Waals surface area contributed by atoms with E-state index in [1.165, 1.54) is 0 Å². The summed E-state index contributed by atoms with van der Waals surface area (Å²) in [5.41, 5.74) is 0.658. The third kappa shape index (κ3) is 2.59. The van der Waals surface area contributed by atoms with E-state index in [0.717, 1.165) is 11.5 Å². The van der Waals surface area contributed by atoms with Crippen molar-refractivity contribution < 1.29 is 8.42 Å². The van der Waals surface area contributed by atoms with Gasteiger partial charge in [-0.1, -0.05) is 12.1 Å². The van der Waals surface area contributed by atoms with E-state index in [1.807, 2.05) is 6.07 Å². The van der Waals surface area contributed by atoms with Crippen molar-refractivity contribution in [2.45, 2.75) is 4.90 Å². The first-order valence-corrected chi connectivity index (χ1v) is 8.10. The van der Waals surface area contributed by atoms with Crippen LogP contribution in [0.3, 0.4) is 0 Å². The summed E-state index contributed by atoms with van der Waals surface area (Å²) in [6.45, 7) is 1.20. The molecule has 0 atom stereocenters. The summed E-state index contributed by atoms with van der Waals surface area (Å²) in [5.74, 6) is 1.75. The van der Waals surface area contributed by atoms with Gasteiger partial charge in [-0.15, -0.1) is 0 Å². The van der Waals surface area contributed by atoms with Crippen molar-refractivity contribution >= 4 is 27.5 Å². The van der Waals surface area contributed by atoms with Crippen molar-refractivity contribution in [2.24, 2.45) is 0 Å². The molecule has 0 amide bonds. The Labute approximate surface area is 106 Å². The molecule has 0 saturated carbocycles. The number of hydrogen-bond acceptors (Lipinski definition) is 4. The van der Waals surface area contributed by atoms with E-state index in [0.29, 0.717) is 23.7 Å². The minimum Gasteiger partial charge on any atom is -0.387 e. The number of anilines is 1. The Morgan fingerprint density at radius 2 is 1.88 bits per heavy atom. The predicted octanol–water partition coefficient (Wildman–Crippen LogP) is 1.47. The number of rotatable bonds is 3. The molecular weight excluding hydrogens is 256 g/mol.